The molecule has 1 heterocycles. The van der Waals surface area contributed by atoms with Gasteiger partial charge >= 0.3 is 11.9 Å². The summed E-state index contributed by atoms with van der Waals surface area (Å²) in [5, 5.41) is 35.3. The highest BCUT2D eigenvalue weighted by Gasteiger charge is 2.27. The lowest BCUT2D eigenvalue weighted by molar-refractivity contribution is -0.138. The highest BCUT2D eigenvalue weighted by atomic mass is 16.5. The lowest BCUT2D eigenvalue weighted by Gasteiger charge is -2.26. The fourth-order valence-corrected chi connectivity index (χ4v) is 6.50. The number of rotatable bonds is 19. The Morgan fingerprint density at radius 1 is 0.780 bits per heavy atom. The van der Waals surface area contributed by atoms with Crippen LogP contribution in [0.25, 0.3) is 0 Å². The lowest BCUT2D eigenvalue weighted by atomic mass is 9.99. The van der Waals surface area contributed by atoms with Gasteiger partial charge in [-0.3, -0.25) is 38.4 Å². The molecular weight excluding hydrogens is 770 g/mol. The number of unbranched alkanes of at least 4 members (excludes halogenated alkanes) is 1. The topological polar surface area (TPSA) is 294 Å². The number of hydrogen-bond acceptors (Lipinski definition) is 11. The fourth-order valence-electron chi connectivity index (χ4n) is 6.50. The zero-order valence-corrected chi connectivity index (χ0v) is 35.3. The maximum absolute atomic E-state index is 13.4. The van der Waals surface area contributed by atoms with Gasteiger partial charge in [-0.2, -0.15) is 0 Å². The molecule has 1 aliphatic rings. The number of carboxylic acid groups (broad SMARTS) is 2. The van der Waals surface area contributed by atoms with E-state index in [1.54, 1.807) is 12.2 Å². The smallest absolute Gasteiger partial charge is 0.305 e. The number of nitrogens with one attached hydrogen (secondary N) is 6. The zero-order valence-electron chi connectivity index (χ0n) is 35.3. The molecule has 0 aromatic carbocycles. The summed E-state index contributed by atoms with van der Waals surface area (Å²) >= 11 is 0. The summed E-state index contributed by atoms with van der Waals surface area (Å²) in [5.74, 6) is -4.90. The summed E-state index contributed by atoms with van der Waals surface area (Å²) in [6.07, 6.45) is 4.13. The maximum atomic E-state index is 13.4. The van der Waals surface area contributed by atoms with Gasteiger partial charge < -0.3 is 57.3 Å². The first kappa shape index (κ1) is 52.4. The van der Waals surface area contributed by atoms with Crippen LogP contribution in [0.4, 0.5) is 0 Å². The second-order valence-electron chi connectivity index (χ2n) is 15.9. The van der Waals surface area contributed by atoms with E-state index in [1.165, 1.54) is 6.92 Å². The van der Waals surface area contributed by atoms with E-state index >= 15 is 0 Å². The molecule has 0 radical (unpaired) electrons. The highest BCUT2D eigenvalue weighted by molar-refractivity contribution is 5.84. The van der Waals surface area contributed by atoms with Gasteiger partial charge in [0.05, 0.1) is 44.9 Å². The van der Waals surface area contributed by atoms with Gasteiger partial charge in [-0.25, -0.2) is 0 Å². The van der Waals surface area contributed by atoms with Crippen LogP contribution < -0.4 is 37.6 Å². The normalized spacial score (nSPS) is 22.1. The van der Waals surface area contributed by atoms with Crippen molar-refractivity contribution in [2.75, 3.05) is 33.0 Å². The van der Waals surface area contributed by atoms with Crippen molar-refractivity contribution in [1.29, 1.82) is 0 Å². The predicted octanol–water partition coefficient (Wildman–Crippen LogP) is 0.639. The molecule has 0 aromatic rings. The summed E-state index contributed by atoms with van der Waals surface area (Å²) in [5.41, 5.74) is 5.70. The van der Waals surface area contributed by atoms with Crippen molar-refractivity contribution in [2.45, 2.75) is 148 Å². The van der Waals surface area contributed by atoms with Gasteiger partial charge in [0, 0.05) is 69.6 Å². The molecule has 19 nitrogen and oxygen atoms in total. The van der Waals surface area contributed by atoms with Crippen LogP contribution >= 0.6 is 0 Å². The molecule has 0 fully saturated rings. The molecule has 0 unspecified atom stereocenters. The molecular formula is C40H69N7O12. The van der Waals surface area contributed by atoms with Crippen LogP contribution in [-0.4, -0.2) is 127 Å². The van der Waals surface area contributed by atoms with Gasteiger partial charge in [-0.15, -0.1) is 0 Å². The van der Waals surface area contributed by atoms with E-state index in [4.69, 9.17) is 20.3 Å². The van der Waals surface area contributed by atoms with E-state index in [0.29, 0.717) is 32.2 Å². The number of nitrogens with two attached hydrogens (primary N) is 1. The zero-order chi connectivity index (χ0) is 44.3. The van der Waals surface area contributed by atoms with Crippen molar-refractivity contribution < 1.29 is 58.0 Å². The van der Waals surface area contributed by atoms with E-state index < -0.39 is 83.6 Å². The Kier molecular flexibility index (Phi) is 26.3. The lowest BCUT2D eigenvalue weighted by Crippen LogP contribution is -2.49. The average molecular weight is 840 g/mol. The first-order chi connectivity index (χ1) is 27.9. The van der Waals surface area contributed by atoms with Crippen molar-refractivity contribution in [3.63, 3.8) is 0 Å². The summed E-state index contributed by atoms with van der Waals surface area (Å²) in [6, 6.07) is -4.17. The van der Waals surface area contributed by atoms with Crippen molar-refractivity contribution in [1.82, 2.24) is 31.9 Å². The quantitative estimate of drug-likeness (QED) is 0.0639. The number of amides is 6. The van der Waals surface area contributed by atoms with Crippen molar-refractivity contribution in [3.05, 3.63) is 12.2 Å². The number of ether oxygens (including phenoxy) is 2. The van der Waals surface area contributed by atoms with Crippen LogP contribution in [0.2, 0.25) is 0 Å². The first-order valence-corrected chi connectivity index (χ1v) is 20.5. The minimum atomic E-state index is -1.08. The van der Waals surface area contributed by atoms with Gasteiger partial charge in [0.1, 0.15) is 0 Å². The Bertz CT molecular complexity index is 1390. The van der Waals surface area contributed by atoms with E-state index in [2.05, 4.69) is 31.9 Å². The second kappa shape index (κ2) is 29.6. The van der Waals surface area contributed by atoms with Crippen LogP contribution in [0, 0.1) is 11.8 Å². The molecule has 59 heavy (non-hydrogen) atoms. The summed E-state index contributed by atoms with van der Waals surface area (Å²) in [4.78, 5) is 101. The van der Waals surface area contributed by atoms with Gasteiger partial charge in [-0.05, 0) is 44.1 Å². The maximum Gasteiger partial charge on any atom is 0.305 e. The average Bonchev–Trinajstić information content (AvgIpc) is 3.09. The summed E-state index contributed by atoms with van der Waals surface area (Å²) < 4.78 is 11.5. The largest absolute Gasteiger partial charge is 0.481 e. The third kappa shape index (κ3) is 26.9. The summed E-state index contributed by atoms with van der Waals surface area (Å²) in [7, 11) is 0. The van der Waals surface area contributed by atoms with Crippen LogP contribution in [0.3, 0.4) is 0 Å². The van der Waals surface area contributed by atoms with Gasteiger partial charge in [0.15, 0.2) is 0 Å². The molecule has 0 bridgehead atoms. The Balaban J connectivity index is 3.29. The van der Waals surface area contributed by atoms with E-state index in [0.717, 1.165) is 0 Å². The Morgan fingerprint density at radius 3 is 2.00 bits per heavy atom. The number of carbonyl (C=O) groups is 8. The third-order valence-corrected chi connectivity index (χ3v) is 9.27. The second-order valence-corrected chi connectivity index (χ2v) is 15.9. The molecule has 6 amide bonds. The molecule has 0 aromatic heterocycles. The Morgan fingerprint density at radius 2 is 1.41 bits per heavy atom. The van der Waals surface area contributed by atoms with Crippen LogP contribution in [0.1, 0.15) is 112 Å². The minimum absolute atomic E-state index is 0.0204. The van der Waals surface area contributed by atoms with Crippen molar-refractivity contribution >= 4 is 47.4 Å². The molecule has 0 aliphatic carbocycles. The molecule has 10 N–H and O–H groups in total. The van der Waals surface area contributed by atoms with Crippen molar-refractivity contribution in [2.24, 2.45) is 17.6 Å². The van der Waals surface area contributed by atoms with Crippen LogP contribution in [0.15, 0.2) is 12.2 Å². The Hall–Kier alpha value is -4.62. The predicted molar refractivity (Wildman–Crippen MR) is 217 cm³/mol. The molecule has 336 valence electrons. The minimum Gasteiger partial charge on any atom is -0.481 e. The third-order valence-electron chi connectivity index (χ3n) is 9.27. The van der Waals surface area contributed by atoms with E-state index in [-0.39, 0.29) is 89.6 Å². The summed E-state index contributed by atoms with van der Waals surface area (Å²) in [6.45, 7) is 9.18. The molecule has 6 atom stereocenters. The van der Waals surface area contributed by atoms with Crippen LogP contribution in [-0.2, 0) is 47.8 Å². The number of hydrogen-bond donors (Lipinski definition) is 9. The number of aliphatic carboxylic acids is 2. The van der Waals surface area contributed by atoms with Crippen molar-refractivity contribution in [3.8, 4) is 0 Å². The monoisotopic (exact) mass is 840 g/mol. The first-order valence-electron chi connectivity index (χ1n) is 20.5. The molecule has 1 rings (SSSR count). The highest BCUT2D eigenvalue weighted by Crippen LogP contribution is 2.13. The van der Waals surface area contributed by atoms with Gasteiger partial charge in [0.2, 0.25) is 35.4 Å². The number of carbonyl (C=O) groups excluding carboxylic acids is 6. The molecule has 0 saturated heterocycles. The van der Waals surface area contributed by atoms with E-state index in [1.807, 2.05) is 27.7 Å². The van der Waals surface area contributed by atoms with E-state index in [9.17, 15) is 43.5 Å². The molecule has 1 aliphatic heterocycles. The number of carboxylic acids is 2. The van der Waals surface area contributed by atoms with Crippen LogP contribution in [0.5, 0.6) is 0 Å². The molecule has 19 heteroatoms. The molecule has 0 saturated carbocycles. The molecule has 0 spiro atoms. The SMILES string of the molecule is CC(=O)N[C@@H](CCC(=O)O)CC(=O)N[C@H]1COC/C=C/COC[C@@H](CC(=O)N[C@@H](CC(=O)O)CC(C)C)NC(=O)C[C@H](CCCCN)NC(=O)C[C@H](C(C)C)NC(=O)C1. The Labute approximate surface area is 347 Å². The van der Waals surface area contributed by atoms with Gasteiger partial charge in [-0.1, -0.05) is 46.3 Å². The standard InChI is InChI=1S/C40H69N7O12/c1-25(2)16-30(21-40(56)57)44-36(51)19-31-23-58-14-8-9-15-59-24-32(46-35(50)18-29(42-27(5)48)11-12-39(54)55)20-37(52)47-33(26(3)4)22-38(53)43-28(10-6-7-13-41)17-34(49)45-31/h8-9,25-26,28-33H,6-7,10-24,41H2,1-5H3,(H,42,48)(H,43,53)(H,44,51)(H,45,49)(H,46,50)(H,47,52)(H,54,55)(H,56,57)/b9-8+/t28-,29-,30+,31+,32+,33+/m0/s1. The van der Waals surface area contributed by atoms with Gasteiger partial charge in [0.25, 0.3) is 0 Å². The fraction of sp³-hybridized carbons (Fsp3) is 0.750.